The molecule has 0 aliphatic carbocycles. The zero-order valence-corrected chi connectivity index (χ0v) is 12.4. The van der Waals surface area contributed by atoms with Crippen molar-refractivity contribution in [3.8, 4) is 11.8 Å². The van der Waals surface area contributed by atoms with E-state index in [0.29, 0.717) is 18.7 Å². The number of aliphatic hydroxyl groups is 1. The average molecular weight is 290 g/mol. The monoisotopic (exact) mass is 290 g/mol. The van der Waals surface area contributed by atoms with Gasteiger partial charge in [0, 0.05) is 38.4 Å². The number of aromatic nitrogens is 1. The first-order valence-corrected chi connectivity index (χ1v) is 7.11. The van der Waals surface area contributed by atoms with E-state index in [0.717, 1.165) is 31.4 Å². The summed E-state index contributed by atoms with van der Waals surface area (Å²) in [6.07, 6.45) is 4.97. The summed E-state index contributed by atoms with van der Waals surface area (Å²) in [5, 5.41) is 11.5. The fourth-order valence-electron chi connectivity index (χ4n) is 1.66. The van der Waals surface area contributed by atoms with Gasteiger partial charge in [0.1, 0.15) is 5.69 Å². The van der Waals surface area contributed by atoms with Crippen LogP contribution in [0.4, 0.5) is 0 Å². The number of methoxy groups -OCH3 is 1. The number of nitrogens with zero attached hydrogens (tertiary/aromatic N) is 1. The minimum atomic E-state index is -0.170. The molecule has 21 heavy (non-hydrogen) atoms. The molecule has 5 heteroatoms. The lowest BCUT2D eigenvalue weighted by molar-refractivity contribution is 0.0947. The van der Waals surface area contributed by atoms with Gasteiger partial charge in [0.15, 0.2) is 0 Å². The number of amides is 1. The number of rotatable bonds is 8. The lowest BCUT2D eigenvalue weighted by Gasteiger charge is -2.04. The first-order valence-electron chi connectivity index (χ1n) is 7.11. The largest absolute Gasteiger partial charge is 0.395 e. The van der Waals surface area contributed by atoms with Crippen LogP contribution in [0.25, 0.3) is 0 Å². The third-order valence-corrected chi connectivity index (χ3v) is 2.78. The van der Waals surface area contributed by atoms with E-state index in [1.54, 1.807) is 25.4 Å². The molecule has 0 unspecified atom stereocenters. The lowest BCUT2D eigenvalue weighted by Crippen LogP contribution is -2.25. The molecular formula is C16H22N2O3. The molecule has 0 aromatic carbocycles. The molecule has 0 fully saturated rings. The first kappa shape index (κ1) is 17.2. The molecule has 5 nitrogen and oxygen atoms in total. The van der Waals surface area contributed by atoms with E-state index in [9.17, 15) is 4.79 Å². The molecule has 1 aromatic rings. The highest BCUT2D eigenvalue weighted by Gasteiger charge is 2.05. The van der Waals surface area contributed by atoms with Crippen LogP contribution in [0.5, 0.6) is 0 Å². The Hall–Kier alpha value is -1.90. The van der Waals surface area contributed by atoms with Crippen LogP contribution in [-0.2, 0) is 4.74 Å². The second kappa shape index (κ2) is 10.8. The second-order valence-corrected chi connectivity index (χ2v) is 4.52. The molecule has 0 atom stereocenters. The van der Waals surface area contributed by atoms with Crippen LogP contribution < -0.4 is 5.32 Å². The van der Waals surface area contributed by atoms with E-state index < -0.39 is 0 Å². The predicted molar refractivity (Wildman–Crippen MR) is 80.9 cm³/mol. The van der Waals surface area contributed by atoms with E-state index >= 15 is 0 Å². The summed E-state index contributed by atoms with van der Waals surface area (Å²) in [7, 11) is 1.69. The number of aliphatic hydroxyl groups excluding tert-OH is 1. The molecule has 0 saturated carbocycles. The molecule has 0 saturated heterocycles. The van der Waals surface area contributed by atoms with Crippen molar-refractivity contribution in [1.29, 1.82) is 0 Å². The summed E-state index contributed by atoms with van der Waals surface area (Å²) in [5.41, 5.74) is 1.12. The van der Waals surface area contributed by atoms with Crippen molar-refractivity contribution in [3.63, 3.8) is 0 Å². The van der Waals surface area contributed by atoms with E-state index in [2.05, 4.69) is 22.1 Å². The van der Waals surface area contributed by atoms with Gasteiger partial charge in [0.2, 0.25) is 0 Å². The molecule has 0 radical (unpaired) electrons. The Kier molecular flexibility index (Phi) is 8.85. The summed E-state index contributed by atoms with van der Waals surface area (Å²) in [5.74, 6) is 5.51. The fraction of sp³-hybridized carbons (Fsp3) is 0.500. The smallest absolute Gasteiger partial charge is 0.269 e. The Balaban J connectivity index is 2.33. The standard InChI is InChI=1S/C16H22N2O3/c1-21-12-6-2-4-10-17-16(20)15-9-8-14(13-18-15)7-3-5-11-19/h8-9,13,19H,2,4-6,10-12H2,1H3,(H,17,20). The molecule has 0 bridgehead atoms. The van der Waals surface area contributed by atoms with Crippen LogP contribution in [0.3, 0.4) is 0 Å². The molecule has 0 spiro atoms. The fourth-order valence-corrected chi connectivity index (χ4v) is 1.66. The van der Waals surface area contributed by atoms with E-state index in [4.69, 9.17) is 9.84 Å². The van der Waals surface area contributed by atoms with Crippen molar-refractivity contribution in [3.05, 3.63) is 29.6 Å². The zero-order chi connectivity index (χ0) is 15.3. The minimum Gasteiger partial charge on any atom is -0.395 e. The van der Waals surface area contributed by atoms with Crippen molar-refractivity contribution >= 4 is 5.91 Å². The van der Waals surface area contributed by atoms with Gasteiger partial charge in [-0.05, 0) is 31.4 Å². The third-order valence-electron chi connectivity index (χ3n) is 2.78. The Morgan fingerprint density at radius 1 is 1.38 bits per heavy atom. The van der Waals surface area contributed by atoms with Gasteiger partial charge in [0.05, 0.1) is 6.61 Å². The highest BCUT2D eigenvalue weighted by molar-refractivity contribution is 5.92. The van der Waals surface area contributed by atoms with Gasteiger partial charge in [-0.15, -0.1) is 0 Å². The van der Waals surface area contributed by atoms with Crippen molar-refractivity contribution in [2.75, 3.05) is 26.9 Å². The molecule has 0 aliphatic rings. The molecule has 1 aromatic heterocycles. The van der Waals surface area contributed by atoms with E-state index in [-0.39, 0.29) is 12.5 Å². The quantitative estimate of drug-likeness (QED) is 0.560. The van der Waals surface area contributed by atoms with Crippen LogP contribution in [0, 0.1) is 11.8 Å². The number of pyridine rings is 1. The second-order valence-electron chi connectivity index (χ2n) is 4.52. The van der Waals surface area contributed by atoms with Gasteiger partial charge < -0.3 is 15.2 Å². The van der Waals surface area contributed by atoms with Crippen molar-refractivity contribution in [2.45, 2.75) is 25.7 Å². The molecule has 2 N–H and O–H groups in total. The van der Waals surface area contributed by atoms with E-state index in [1.807, 2.05) is 0 Å². The van der Waals surface area contributed by atoms with Crippen molar-refractivity contribution < 1.29 is 14.6 Å². The predicted octanol–water partition coefficient (Wildman–Crippen LogP) is 1.36. The van der Waals surface area contributed by atoms with Crippen molar-refractivity contribution in [2.24, 2.45) is 0 Å². The number of hydrogen-bond acceptors (Lipinski definition) is 4. The average Bonchev–Trinajstić information content (AvgIpc) is 2.51. The Morgan fingerprint density at radius 2 is 2.24 bits per heavy atom. The third kappa shape index (κ3) is 7.45. The van der Waals surface area contributed by atoms with Gasteiger partial charge in [-0.1, -0.05) is 11.8 Å². The van der Waals surface area contributed by atoms with Gasteiger partial charge in [-0.2, -0.15) is 0 Å². The minimum absolute atomic E-state index is 0.0469. The first-order chi connectivity index (χ1) is 10.3. The van der Waals surface area contributed by atoms with E-state index in [1.165, 1.54) is 0 Å². The summed E-state index contributed by atoms with van der Waals surface area (Å²) >= 11 is 0. The van der Waals surface area contributed by atoms with Gasteiger partial charge >= 0.3 is 0 Å². The molecule has 1 heterocycles. The maximum atomic E-state index is 11.8. The van der Waals surface area contributed by atoms with Crippen LogP contribution >= 0.6 is 0 Å². The topological polar surface area (TPSA) is 71.5 Å². The number of carbonyl (C=O) groups excluding carboxylic acids is 1. The summed E-state index contributed by atoms with van der Waals surface area (Å²) < 4.78 is 4.96. The Labute approximate surface area is 125 Å². The number of unbranched alkanes of at least 4 members (excludes halogenated alkanes) is 2. The molecule has 114 valence electrons. The molecular weight excluding hydrogens is 268 g/mol. The number of ether oxygens (including phenoxy) is 1. The summed E-state index contributed by atoms with van der Waals surface area (Å²) in [6.45, 7) is 1.45. The highest BCUT2D eigenvalue weighted by Crippen LogP contribution is 2.00. The molecule has 1 rings (SSSR count). The number of nitrogens with one attached hydrogen (secondary N) is 1. The number of hydrogen-bond donors (Lipinski definition) is 2. The van der Waals surface area contributed by atoms with Gasteiger partial charge in [-0.3, -0.25) is 4.79 Å². The summed E-state index contributed by atoms with van der Waals surface area (Å²) in [4.78, 5) is 15.9. The van der Waals surface area contributed by atoms with Crippen molar-refractivity contribution in [1.82, 2.24) is 10.3 Å². The maximum Gasteiger partial charge on any atom is 0.269 e. The lowest BCUT2D eigenvalue weighted by atomic mass is 10.2. The SMILES string of the molecule is COCCCCCNC(=O)c1ccc(C#CCCO)cn1. The molecule has 1 amide bonds. The zero-order valence-electron chi connectivity index (χ0n) is 12.4. The van der Waals surface area contributed by atoms with Crippen LogP contribution in [0.1, 0.15) is 41.7 Å². The Morgan fingerprint density at radius 3 is 2.90 bits per heavy atom. The number of carbonyl (C=O) groups is 1. The Bertz CT molecular complexity index is 475. The van der Waals surface area contributed by atoms with Crippen LogP contribution in [0.2, 0.25) is 0 Å². The highest BCUT2D eigenvalue weighted by atomic mass is 16.5. The van der Waals surface area contributed by atoms with Crippen LogP contribution in [-0.4, -0.2) is 42.9 Å². The maximum absolute atomic E-state index is 11.8. The van der Waals surface area contributed by atoms with Gasteiger partial charge in [-0.25, -0.2) is 4.98 Å². The van der Waals surface area contributed by atoms with Crippen LogP contribution in [0.15, 0.2) is 18.3 Å². The molecule has 0 aliphatic heterocycles. The summed E-state index contributed by atoms with van der Waals surface area (Å²) in [6, 6.07) is 3.41. The normalized spacial score (nSPS) is 9.81. The van der Waals surface area contributed by atoms with Gasteiger partial charge in [0.25, 0.3) is 5.91 Å².